The van der Waals surface area contributed by atoms with E-state index >= 15 is 0 Å². The molecule has 0 spiro atoms. The van der Waals surface area contributed by atoms with Crippen molar-refractivity contribution in [3.8, 4) is 22.5 Å². The summed E-state index contributed by atoms with van der Waals surface area (Å²) in [6.07, 6.45) is 0. The van der Waals surface area contributed by atoms with Crippen molar-refractivity contribution in [3.05, 3.63) is 158 Å². The van der Waals surface area contributed by atoms with Crippen LogP contribution in [-0.2, 0) is 0 Å². The molecule has 9 aromatic rings. The van der Waals surface area contributed by atoms with E-state index in [1.54, 1.807) is 0 Å². The van der Waals surface area contributed by atoms with Gasteiger partial charge in [-0.2, -0.15) is 0 Å². The average Bonchev–Trinajstić information content (AvgIpc) is 3.59. The van der Waals surface area contributed by atoms with Gasteiger partial charge in [0.2, 0.25) is 5.95 Å². The number of hydrogen-bond donors (Lipinski definition) is 0. The Morgan fingerprint density at radius 2 is 1.18 bits per heavy atom. The van der Waals surface area contributed by atoms with Crippen molar-refractivity contribution < 1.29 is 0 Å². The first-order valence-corrected chi connectivity index (χ1v) is 15.2. The summed E-state index contributed by atoms with van der Waals surface area (Å²) in [5.74, 6) is 0.866. The largest absolute Gasteiger partial charge is 0.302 e. The van der Waals surface area contributed by atoms with Gasteiger partial charge in [0, 0.05) is 33.3 Å². The topological polar surface area (TPSA) is 26.0 Å². The summed E-state index contributed by atoms with van der Waals surface area (Å²) < 4.78 is 4.60. The number of fused-ring (bicyclic) bond motifs is 11. The van der Waals surface area contributed by atoms with Gasteiger partial charge in [0.05, 0.1) is 27.9 Å². The van der Waals surface area contributed by atoms with Crippen LogP contribution in [0.1, 0.15) is 0 Å². The molecule has 0 unspecified atom stereocenters. The first-order chi connectivity index (χ1) is 22.3. The predicted molar refractivity (Wildman–Crippen MR) is 184 cm³/mol. The van der Waals surface area contributed by atoms with E-state index in [0.717, 1.165) is 50.8 Å². The molecule has 0 bridgehead atoms. The van der Waals surface area contributed by atoms with Crippen LogP contribution < -0.4 is 4.90 Å². The Kier molecular flexibility index (Phi) is 4.88. The molecule has 1 aliphatic rings. The maximum atomic E-state index is 5.35. The van der Waals surface area contributed by atoms with E-state index in [1.807, 2.05) is 6.07 Å². The second kappa shape index (κ2) is 9.09. The highest BCUT2D eigenvalue weighted by molar-refractivity contribution is 6.08. The molecule has 0 saturated heterocycles. The van der Waals surface area contributed by atoms with Crippen LogP contribution in [0.4, 0.5) is 17.3 Å². The maximum Gasteiger partial charge on any atom is 0.220 e. The lowest BCUT2D eigenvalue weighted by Crippen LogP contribution is -2.14. The van der Waals surface area contributed by atoms with Gasteiger partial charge in [-0.25, -0.2) is 4.98 Å². The zero-order valence-corrected chi connectivity index (χ0v) is 24.1. The monoisotopic (exact) mass is 572 g/mol. The van der Waals surface area contributed by atoms with Crippen molar-refractivity contribution in [2.24, 2.45) is 0 Å². The molecular formula is C41H24N4. The Morgan fingerprint density at radius 1 is 0.511 bits per heavy atom. The first kappa shape index (κ1) is 24.2. The van der Waals surface area contributed by atoms with Gasteiger partial charge in [-0.1, -0.05) is 84.9 Å². The molecule has 4 heteroatoms. The second-order valence-corrected chi connectivity index (χ2v) is 11.5. The number of anilines is 3. The van der Waals surface area contributed by atoms with Gasteiger partial charge in [0.15, 0.2) is 0 Å². The van der Waals surface area contributed by atoms with Crippen LogP contribution in [-0.4, -0.2) is 14.1 Å². The van der Waals surface area contributed by atoms with E-state index in [2.05, 4.69) is 166 Å². The molecule has 0 saturated carbocycles. The van der Waals surface area contributed by atoms with Crippen LogP contribution in [0.2, 0.25) is 0 Å². The van der Waals surface area contributed by atoms with E-state index in [0.29, 0.717) is 0 Å². The van der Waals surface area contributed by atoms with Gasteiger partial charge >= 0.3 is 0 Å². The highest BCUT2D eigenvalue weighted by Gasteiger charge is 2.29. The Hall–Kier alpha value is -6.31. The summed E-state index contributed by atoms with van der Waals surface area (Å²) in [6, 6.07) is 58.2. The zero-order valence-electron chi connectivity index (χ0n) is 24.1. The standard InChI is InChI=1S/C41H24N4/c1-2-12-28-26-40-35(25-27(28)11-1)42-41-44(38-19-9-5-15-33(38)34-16-6-10-20-39(34)45(40)41)30-23-21-29(22-24-30)43-36-17-7-3-13-31(36)32-14-4-8-18-37(32)43/h1-7,9-17,19-26H. The third-order valence-electron chi connectivity index (χ3n) is 9.09. The van der Waals surface area contributed by atoms with Crippen LogP contribution in [0.15, 0.2) is 146 Å². The lowest BCUT2D eigenvalue weighted by atomic mass is 10.0. The normalized spacial score (nSPS) is 12.2. The quantitative estimate of drug-likeness (QED) is 0.206. The molecule has 0 fully saturated rings. The minimum absolute atomic E-state index is 0.866. The van der Waals surface area contributed by atoms with Gasteiger partial charge in [-0.05, 0) is 83.6 Å². The molecule has 208 valence electrons. The van der Waals surface area contributed by atoms with Crippen molar-refractivity contribution in [3.63, 3.8) is 0 Å². The summed E-state index contributed by atoms with van der Waals surface area (Å²) in [7, 11) is 0. The van der Waals surface area contributed by atoms with Crippen molar-refractivity contribution in [1.82, 2.24) is 14.1 Å². The third kappa shape index (κ3) is 3.41. The van der Waals surface area contributed by atoms with Gasteiger partial charge in [-0.3, -0.25) is 9.47 Å². The molecule has 2 aromatic heterocycles. The van der Waals surface area contributed by atoms with Crippen molar-refractivity contribution >= 4 is 60.9 Å². The van der Waals surface area contributed by atoms with Crippen LogP contribution in [0.3, 0.4) is 0 Å². The zero-order chi connectivity index (χ0) is 29.5. The molecule has 0 atom stereocenters. The van der Waals surface area contributed by atoms with E-state index < -0.39 is 0 Å². The number of benzene rings is 6. The summed E-state index contributed by atoms with van der Waals surface area (Å²) in [5.41, 5.74) is 10.9. The Morgan fingerprint density at radius 3 is 2.02 bits per heavy atom. The molecular weight excluding hydrogens is 548 g/mol. The fraction of sp³-hybridized carbons (Fsp3) is 0. The number of imidazole rings is 1. The number of para-hydroxylation sites is 3. The van der Waals surface area contributed by atoms with Gasteiger partial charge in [0.1, 0.15) is 5.52 Å². The van der Waals surface area contributed by atoms with Crippen molar-refractivity contribution in [2.45, 2.75) is 0 Å². The maximum absolute atomic E-state index is 5.35. The highest BCUT2D eigenvalue weighted by Crippen LogP contribution is 2.48. The number of aromatic nitrogens is 3. The Bertz CT molecular complexity index is 2550. The summed E-state index contributed by atoms with van der Waals surface area (Å²) in [6.45, 7) is 0. The first-order valence-electron chi connectivity index (χ1n) is 15.2. The highest BCUT2D eigenvalue weighted by atomic mass is 15.3. The van der Waals surface area contributed by atoms with Crippen molar-refractivity contribution in [1.29, 1.82) is 0 Å². The molecule has 0 radical (unpaired) electrons. The van der Waals surface area contributed by atoms with E-state index in [1.165, 1.54) is 32.7 Å². The molecule has 0 aliphatic carbocycles. The third-order valence-corrected chi connectivity index (χ3v) is 9.09. The smallest absolute Gasteiger partial charge is 0.220 e. The molecule has 0 N–H and O–H groups in total. The van der Waals surface area contributed by atoms with Crippen molar-refractivity contribution in [2.75, 3.05) is 4.90 Å². The average molecular weight is 573 g/mol. The lowest BCUT2D eigenvalue weighted by Gasteiger charge is -2.24. The van der Waals surface area contributed by atoms with Crippen LogP contribution in [0.5, 0.6) is 0 Å². The second-order valence-electron chi connectivity index (χ2n) is 11.5. The van der Waals surface area contributed by atoms with Crippen LogP contribution in [0, 0.1) is 12.1 Å². The minimum atomic E-state index is 0.866. The predicted octanol–water partition coefficient (Wildman–Crippen LogP) is 10.3. The Balaban J connectivity index is 1.23. The number of nitrogens with zero attached hydrogens (tertiary/aromatic N) is 4. The molecule has 3 heterocycles. The minimum Gasteiger partial charge on any atom is -0.302 e. The summed E-state index contributed by atoms with van der Waals surface area (Å²) >= 11 is 0. The van der Waals surface area contributed by atoms with Gasteiger partial charge in [0.25, 0.3) is 0 Å². The molecule has 0 amide bonds. The van der Waals surface area contributed by atoms with Gasteiger partial charge in [-0.15, -0.1) is 0 Å². The van der Waals surface area contributed by atoms with Crippen LogP contribution >= 0.6 is 0 Å². The number of rotatable bonds is 2. The molecule has 1 aliphatic heterocycles. The van der Waals surface area contributed by atoms with Gasteiger partial charge < -0.3 is 4.57 Å². The molecule has 4 nitrogen and oxygen atoms in total. The fourth-order valence-electron chi connectivity index (χ4n) is 7.10. The fourth-order valence-corrected chi connectivity index (χ4v) is 7.10. The van der Waals surface area contributed by atoms with E-state index in [4.69, 9.17) is 4.98 Å². The number of hydrogen-bond acceptors (Lipinski definition) is 2. The van der Waals surface area contributed by atoms with E-state index in [-0.39, 0.29) is 0 Å². The van der Waals surface area contributed by atoms with E-state index in [9.17, 15) is 0 Å². The Labute approximate surface area is 259 Å². The summed E-state index contributed by atoms with van der Waals surface area (Å²) in [5, 5.41) is 4.77. The molecule has 7 aromatic carbocycles. The summed E-state index contributed by atoms with van der Waals surface area (Å²) in [4.78, 5) is 7.65. The lowest BCUT2D eigenvalue weighted by molar-refractivity contribution is 1.05. The molecule has 45 heavy (non-hydrogen) atoms. The molecule has 10 rings (SSSR count). The van der Waals surface area contributed by atoms with Crippen LogP contribution in [0.25, 0.3) is 66.1 Å². The SMILES string of the molecule is c1ccc2c3ccccc3n(-c3ccc(N4c5ccccc5-c5ccccc5-n5c4nc4cc6ccccc6cc45)cc3)c2c#1.